The van der Waals surface area contributed by atoms with Crippen molar-refractivity contribution in [2.75, 3.05) is 19.7 Å². The molecule has 0 aromatic carbocycles. The Balaban J connectivity index is 2.38. The van der Waals surface area contributed by atoms with Crippen molar-refractivity contribution >= 4 is 0 Å². The predicted octanol–water partition coefficient (Wildman–Crippen LogP) is 6.46. The van der Waals surface area contributed by atoms with Crippen LogP contribution < -0.4 is 0 Å². The summed E-state index contributed by atoms with van der Waals surface area (Å²) in [6, 6.07) is 0. The lowest BCUT2D eigenvalue weighted by Gasteiger charge is -2.27. The van der Waals surface area contributed by atoms with E-state index in [4.69, 9.17) is 5.11 Å². The van der Waals surface area contributed by atoms with Gasteiger partial charge >= 0.3 is 0 Å². The van der Waals surface area contributed by atoms with Gasteiger partial charge in [-0.1, -0.05) is 117 Å². The molecule has 1 rings (SSSR count). The monoisotopic (exact) mass is 509 g/mol. The number of hydrogen-bond acceptors (Lipinski definition) is 5. The molecule has 0 radical (unpaired) electrons. The normalized spacial score (nSPS) is 13.5. The maximum atomic E-state index is 10.7. The van der Waals surface area contributed by atoms with Gasteiger partial charge in [-0.3, -0.25) is 9.58 Å². The number of rotatable bonds is 26. The third-order valence-electron chi connectivity index (χ3n) is 7.14. The van der Waals surface area contributed by atoms with Gasteiger partial charge in [0.25, 0.3) is 0 Å². The van der Waals surface area contributed by atoms with E-state index in [-0.39, 0.29) is 18.8 Å². The minimum Gasteiger partial charge on any atom is -0.394 e. The molecule has 6 nitrogen and oxygen atoms in total. The average molecular weight is 510 g/mol. The summed E-state index contributed by atoms with van der Waals surface area (Å²) in [7, 11) is 0. The molecule has 1 heterocycles. The maximum absolute atomic E-state index is 10.7. The fourth-order valence-electron chi connectivity index (χ4n) is 4.98. The van der Waals surface area contributed by atoms with Crippen LogP contribution in [0.5, 0.6) is 0 Å². The van der Waals surface area contributed by atoms with Crippen LogP contribution in [0.25, 0.3) is 0 Å². The van der Waals surface area contributed by atoms with Crippen LogP contribution in [-0.4, -0.2) is 61.9 Å². The summed E-state index contributed by atoms with van der Waals surface area (Å²) >= 11 is 0. The molecular formula is C30H59N3O3. The standard InChI is InChI=1S/C30H59N3O3/c1-3-5-7-9-11-13-15-17-19-29(35)26-32(24-28-23-31-33(25-28)21-22-34)27-30(36)20-18-16-14-12-10-8-6-4-2/h23,25,29-30,34-36H,3-22,24,26-27H2,1-2H3/t29-,30-/m1/s1. The molecule has 0 saturated carbocycles. The first-order valence-electron chi connectivity index (χ1n) is 15.3. The summed E-state index contributed by atoms with van der Waals surface area (Å²) in [4.78, 5) is 2.19. The second-order valence-electron chi connectivity index (χ2n) is 10.9. The van der Waals surface area contributed by atoms with Gasteiger partial charge in [-0.2, -0.15) is 5.10 Å². The SMILES string of the molecule is CCCCCCCCCC[C@@H](O)CN(Cc1cnn(CCO)c1)C[C@H](O)CCCCCCCCCC. The van der Waals surface area contributed by atoms with Gasteiger partial charge in [-0.05, 0) is 12.8 Å². The molecule has 0 saturated heterocycles. The molecular weight excluding hydrogens is 450 g/mol. The molecule has 0 fully saturated rings. The van der Waals surface area contributed by atoms with E-state index in [9.17, 15) is 10.2 Å². The Morgan fingerprint density at radius 2 is 1.17 bits per heavy atom. The second kappa shape index (κ2) is 23.2. The molecule has 0 aliphatic heterocycles. The van der Waals surface area contributed by atoms with Crippen LogP contribution in [0.4, 0.5) is 0 Å². The van der Waals surface area contributed by atoms with E-state index in [1.54, 1.807) is 4.68 Å². The van der Waals surface area contributed by atoms with E-state index < -0.39 is 0 Å². The molecule has 1 aromatic rings. The Morgan fingerprint density at radius 1 is 0.722 bits per heavy atom. The summed E-state index contributed by atoms with van der Waals surface area (Å²) < 4.78 is 1.75. The Morgan fingerprint density at radius 3 is 1.61 bits per heavy atom. The number of nitrogens with zero attached hydrogens (tertiary/aromatic N) is 3. The first-order valence-corrected chi connectivity index (χ1v) is 15.3. The number of aromatic nitrogens is 2. The maximum Gasteiger partial charge on any atom is 0.0667 e. The Kier molecular flexibility index (Phi) is 21.3. The van der Waals surface area contributed by atoms with Crippen molar-refractivity contribution in [3.05, 3.63) is 18.0 Å². The molecule has 0 aliphatic rings. The zero-order valence-corrected chi connectivity index (χ0v) is 23.8. The molecule has 0 aliphatic carbocycles. The lowest BCUT2D eigenvalue weighted by molar-refractivity contribution is 0.0567. The van der Waals surface area contributed by atoms with Gasteiger partial charge in [0.05, 0.1) is 31.6 Å². The highest BCUT2D eigenvalue weighted by molar-refractivity contribution is 5.03. The van der Waals surface area contributed by atoms with Crippen molar-refractivity contribution < 1.29 is 15.3 Å². The van der Waals surface area contributed by atoms with Crippen LogP contribution in [0, 0.1) is 0 Å². The van der Waals surface area contributed by atoms with Gasteiger partial charge in [0.15, 0.2) is 0 Å². The molecule has 0 spiro atoms. The van der Waals surface area contributed by atoms with Crippen LogP contribution in [0.3, 0.4) is 0 Å². The first-order chi connectivity index (χ1) is 17.6. The van der Waals surface area contributed by atoms with Crippen molar-refractivity contribution in [2.24, 2.45) is 0 Å². The molecule has 2 atom stereocenters. The van der Waals surface area contributed by atoms with Gasteiger partial charge in [-0.25, -0.2) is 0 Å². The van der Waals surface area contributed by atoms with E-state index in [2.05, 4.69) is 23.8 Å². The molecule has 36 heavy (non-hydrogen) atoms. The Hall–Kier alpha value is -0.950. The predicted molar refractivity (Wildman–Crippen MR) is 151 cm³/mol. The van der Waals surface area contributed by atoms with E-state index in [1.807, 2.05) is 12.4 Å². The van der Waals surface area contributed by atoms with E-state index in [0.29, 0.717) is 26.2 Å². The highest BCUT2D eigenvalue weighted by Crippen LogP contribution is 2.15. The fourth-order valence-corrected chi connectivity index (χ4v) is 4.98. The van der Waals surface area contributed by atoms with Crippen LogP contribution in [0.2, 0.25) is 0 Å². The summed E-state index contributed by atoms with van der Waals surface area (Å²) in [6.45, 7) is 6.88. The third kappa shape index (κ3) is 18.3. The quantitative estimate of drug-likeness (QED) is 0.125. The molecule has 212 valence electrons. The lowest BCUT2D eigenvalue weighted by atomic mass is 10.0. The highest BCUT2D eigenvalue weighted by Gasteiger charge is 2.17. The van der Waals surface area contributed by atoms with Crippen molar-refractivity contribution in [3.8, 4) is 0 Å². The molecule has 3 N–H and O–H groups in total. The van der Waals surface area contributed by atoms with E-state index in [1.165, 1.54) is 89.9 Å². The number of unbranched alkanes of at least 4 members (excludes halogenated alkanes) is 14. The molecule has 0 bridgehead atoms. The van der Waals surface area contributed by atoms with Gasteiger partial charge in [-0.15, -0.1) is 0 Å². The highest BCUT2D eigenvalue weighted by atomic mass is 16.3. The zero-order valence-electron chi connectivity index (χ0n) is 23.8. The van der Waals surface area contributed by atoms with Crippen LogP contribution in [-0.2, 0) is 13.1 Å². The molecule has 1 aromatic heterocycles. The van der Waals surface area contributed by atoms with Gasteiger partial charge in [0, 0.05) is 31.4 Å². The smallest absolute Gasteiger partial charge is 0.0667 e. The van der Waals surface area contributed by atoms with Crippen molar-refractivity contribution in [3.63, 3.8) is 0 Å². The van der Waals surface area contributed by atoms with E-state index in [0.717, 1.165) is 31.2 Å². The largest absolute Gasteiger partial charge is 0.394 e. The summed E-state index contributed by atoms with van der Waals surface area (Å²) in [6.07, 6.45) is 25.0. The Labute approximate surface area is 222 Å². The average Bonchev–Trinajstić information content (AvgIpc) is 3.29. The van der Waals surface area contributed by atoms with Gasteiger partial charge in [0.2, 0.25) is 0 Å². The van der Waals surface area contributed by atoms with E-state index >= 15 is 0 Å². The molecule has 0 unspecified atom stereocenters. The number of aliphatic hydroxyl groups excluding tert-OH is 3. The molecule has 0 amide bonds. The zero-order chi connectivity index (χ0) is 26.3. The van der Waals surface area contributed by atoms with Crippen LogP contribution in [0.15, 0.2) is 12.4 Å². The third-order valence-corrected chi connectivity index (χ3v) is 7.14. The van der Waals surface area contributed by atoms with Crippen molar-refractivity contribution in [1.82, 2.24) is 14.7 Å². The molecule has 6 heteroatoms. The fraction of sp³-hybridized carbons (Fsp3) is 0.900. The number of aliphatic hydroxyl groups is 3. The summed E-state index contributed by atoms with van der Waals surface area (Å²) in [5.74, 6) is 0. The Bertz CT molecular complexity index is 568. The second-order valence-corrected chi connectivity index (χ2v) is 10.9. The van der Waals surface area contributed by atoms with Gasteiger partial charge in [0.1, 0.15) is 0 Å². The first kappa shape index (κ1) is 33.1. The van der Waals surface area contributed by atoms with Crippen LogP contribution >= 0.6 is 0 Å². The topological polar surface area (TPSA) is 81.8 Å². The summed E-state index contributed by atoms with van der Waals surface area (Å²) in [5, 5.41) is 34.9. The van der Waals surface area contributed by atoms with Gasteiger partial charge < -0.3 is 15.3 Å². The van der Waals surface area contributed by atoms with Crippen LogP contribution in [0.1, 0.15) is 135 Å². The minimum absolute atomic E-state index is 0.0689. The van der Waals surface area contributed by atoms with Crippen molar-refractivity contribution in [2.45, 2.75) is 155 Å². The number of hydrogen-bond donors (Lipinski definition) is 3. The minimum atomic E-state index is -0.368. The summed E-state index contributed by atoms with van der Waals surface area (Å²) in [5.41, 5.74) is 1.06. The lowest BCUT2D eigenvalue weighted by Crippen LogP contribution is -2.37. The van der Waals surface area contributed by atoms with Crippen molar-refractivity contribution in [1.29, 1.82) is 0 Å².